The fraction of sp³-hybridized carbons (Fsp3) is 0.182. The molecule has 0 aliphatic carbocycles. The quantitative estimate of drug-likeness (QED) is 0.264. The first-order valence-corrected chi connectivity index (χ1v) is 14.2. The number of carbonyl (C=O) groups is 1. The van der Waals surface area contributed by atoms with Gasteiger partial charge in [-0.25, -0.2) is 14.2 Å². The van der Waals surface area contributed by atoms with Crippen LogP contribution in [-0.4, -0.2) is 21.7 Å². The van der Waals surface area contributed by atoms with Gasteiger partial charge in [0.15, 0.2) is 4.80 Å². The van der Waals surface area contributed by atoms with Gasteiger partial charge in [0.05, 0.1) is 35.0 Å². The lowest BCUT2D eigenvalue weighted by atomic mass is 9.95. The molecule has 6 nitrogen and oxygen atoms in total. The molecule has 3 heterocycles. The number of halogens is 1. The highest BCUT2D eigenvalue weighted by Gasteiger charge is 2.33. The summed E-state index contributed by atoms with van der Waals surface area (Å²) in [6, 6.07) is 21.7. The van der Waals surface area contributed by atoms with Crippen LogP contribution < -0.4 is 14.9 Å². The minimum Gasteiger partial charge on any atom is -0.463 e. The summed E-state index contributed by atoms with van der Waals surface area (Å²) in [5.74, 6) is -0.742. The normalized spacial score (nSPS) is 15.2. The Labute approximate surface area is 240 Å². The Morgan fingerprint density at radius 1 is 1.05 bits per heavy atom. The molecule has 0 saturated heterocycles. The standard InChI is InChI=1S/C33H28FN3O3S/c1-4-40-32(39)29-21(3)35-33-37(30(29)22-15-13-20(2)14-16-22)31(38)28(41-33)17-24-19-36(27-12-8-6-10-25(24)27)18-23-9-5-7-11-26(23)34/h5-17,19,30H,4,18H2,1-3H3/b28-17-/t30-/m1/s1. The van der Waals surface area contributed by atoms with Crippen LogP contribution in [0.25, 0.3) is 17.0 Å². The van der Waals surface area contributed by atoms with Crippen molar-refractivity contribution < 1.29 is 13.9 Å². The summed E-state index contributed by atoms with van der Waals surface area (Å²) in [5.41, 5.74) is 4.90. The second-order valence-corrected chi connectivity index (χ2v) is 11.0. The molecule has 2 aromatic heterocycles. The monoisotopic (exact) mass is 565 g/mol. The smallest absolute Gasteiger partial charge is 0.338 e. The molecular formula is C33H28FN3O3S. The summed E-state index contributed by atoms with van der Waals surface area (Å²) in [7, 11) is 0. The van der Waals surface area contributed by atoms with Crippen LogP contribution in [0, 0.1) is 12.7 Å². The minimum atomic E-state index is -0.657. The van der Waals surface area contributed by atoms with Gasteiger partial charge in [-0.3, -0.25) is 9.36 Å². The lowest BCUT2D eigenvalue weighted by Crippen LogP contribution is -2.39. The largest absolute Gasteiger partial charge is 0.463 e. The van der Waals surface area contributed by atoms with E-state index in [2.05, 4.69) is 4.99 Å². The highest BCUT2D eigenvalue weighted by molar-refractivity contribution is 7.07. The maximum atomic E-state index is 14.5. The number of fused-ring (bicyclic) bond motifs is 2. The molecule has 0 fully saturated rings. The van der Waals surface area contributed by atoms with Crippen molar-refractivity contribution in [1.29, 1.82) is 0 Å². The van der Waals surface area contributed by atoms with E-state index in [0.717, 1.165) is 27.6 Å². The Morgan fingerprint density at radius 2 is 1.78 bits per heavy atom. The van der Waals surface area contributed by atoms with Crippen molar-refractivity contribution in [2.45, 2.75) is 33.4 Å². The Balaban J connectivity index is 1.52. The van der Waals surface area contributed by atoms with Crippen molar-refractivity contribution in [2.24, 2.45) is 4.99 Å². The van der Waals surface area contributed by atoms with Crippen molar-refractivity contribution in [3.63, 3.8) is 0 Å². The van der Waals surface area contributed by atoms with Gasteiger partial charge in [-0.2, -0.15) is 0 Å². The number of esters is 1. The summed E-state index contributed by atoms with van der Waals surface area (Å²) < 4.78 is 23.9. The summed E-state index contributed by atoms with van der Waals surface area (Å²) in [4.78, 5) is 32.3. The lowest BCUT2D eigenvalue weighted by Gasteiger charge is -2.24. The van der Waals surface area contributed by atoms with Gasteiger partial charge in [-0.1, -0.05) is 77.6 Å². The van der Waals surface area contributed by atoms with Crippen molar-refractivity contribution in [3.05, 3.63) is 138 Å². The van der Waals surface area contributed by atoms with E-state index in [1.54, 1.807) is 30.5 Å². The van der Waals surface area contributed by atoms with Gasteiger partial charge >= 0.3 is 5.97 Å². The molecule has 1 atom stereocenters. The zero-order chi connectivity index (χ0) is 28.7. The van der Waals surface area contributed by atoms with Crippen LogP contribution in [-0.2, 0) is 16.1 Å². The maximum Gasteiger partial charge on any atom is 0.338 e. The Kier molecular flexibility index (Phi) is 7.01. The number of allylic oxidation sites excluding steroid dienone is 1. The van der Waals surface area contributed by atoms with E-state index in [0.29, 0.717) is 32.7 Å². The number of hydrogen-bond acceptors (Lipinski definition) is 5. The van der Waals surface area contributed by atoms with Gasteiger partial charge < -0.3 is 9.30 Å². The first kappa shape index (κ1) is 26.7. The summed E-state index contributed by atoms with van der Waals surface area (Å²) in [6.07, 6.45) is 3.81. The number of para-hydroxylation sites is 1. The molecule has 5 aromatic rings. The number of aromatic nitrogens is 2. The molecule has 206 valence electrons. The van der Waals surface area contributed by atoms with Gasteiger partial charge in [-0.05, 0) is 44.5 Å². The van der Waals surface area contributed by atoms with E-state index in [-0.39, 0.29) is 18.0 Å². The van der Waals surface area contributed by atoms with Crippen LogP contribution in [0.2, 0.25) is 0 Å². The molecule has 0 unspecified atom stereocenters. The fourth-order valence-electron chi connectivity index (χ4n) is 5.33. The van der Waals surface area contributed by atoms with E-state index in [4.69, 9.17) is 4.74 Å². The highest BCUT2D eigenvalue weighted by Crippen LogP contribution is 2.31. The second kappa shape index (κ2) is 10.8. The first-order chi connectivity index (χ1) is 19.9. The molecule has 0 spiro atoms. The van der Waals surface area contributed by atoms with E-state index >= 15 is 0 Å². The van der Waals surface area contributed by atoms with Crippen LogP contribution in [0.1, 0.15) is 42.1 Å². The van der Waals surface area contributed by atoms with Crippen molar-refractivity contribution in [1.82, 2.24) is 9.13 Å². The third kappa shape index (κ3) is 4.85. The number of hydrogen-bond donors (Lipinski definition) is 0. The third-order valence-corrected chi connectivity index (χ3v) is 8.30. The average molecular weight is 566 g/mol. The van der Waals surface area contributed by atoms with E-state index < -0.39 is 12.0 Å². The Hall–Kier alpha value is -4.56. The summed E-state index contributed by atoms with van der Waals surface area (Å²) >= 11 is 1.29. The topological polar surface area (TPSA) is 65.6 Å². The predicted octanol–water partition coefficient (Wildman–Crippen LogP) is 5.25. The van der Waals surface area contributed by atoms with E-state index in [9.17, 15) is 14.0 Å². The van der Waals surface area contributed by atoms with Crippen molar-refractivity contribution in [2.75, 3.05) is 6.61 Å². The summed E-state index contributed by atoms with van der Waals surface area (Å²) in [5, 5.41) is 0.952. The number of carbonyl (C=O) groups excluding carboxylic acids is 1. The first-order valence-electron chi connectivity index (χ1n) is 13.4. The molecule has 8 heteroatoms. The van der Waals surface area contributed by atoms with Crippen LogP contribution in [0.4, 0.5) is 4.39 Å². The molecule has 0 N–H and O–H groups in total. The van der Waals surface area contributed by atoms with Crippen LogP contribution in [0.3, 0.4) is 0 Å². The maximum absolute atomic E-state index is 14.5. The van der Waals surface area contributed by atoms with Gasteiger partial charge in [0.2, 0.25) is 0 Å². The SMILES string of the molecule is CCOC(=O)C1=C(C)N=c2s/c(=C\c3cn(Cc4ccccc4F)c4ccccc34)c(=O)n2[C@@H]1c1ccc(C)cc1. The van der Waals surface area contributed by atoms with Crippen molar-refractivity contribution >= 4 is 34.3 Å². The molecular weight excluding hydrogens is 537 g/mol. The lowest BCUT2D eigenvalue weighted by molar-refractivity contribution is -0.139. The molecule has 3 aromatic carbocycles. The average Bonchev–Trinajstić information content (AvgIpc) is 3.46. The minimum absolute atomic E-state index is 0.220. The van der Waals surface area contributed by atoms with E-state index in [1.165, 1.54) is 17.4 Å². The molecule has 1 aliphatic rings. The number of aryl methyl sites for hydroxylation is 1. The fourth-order valence-corrected chi connectivity index (χ4v) is 6.37. The zero-order valence-electron chi connectivity index (χ0n) is 22.9. The number of ether oxygens (including phenoxy) is 1. The highest BCUT2D eigenvalue weighted by atomic mass is 32.1. The van der Waals surface area contributed by atoms with Crippen LogP contribution >= 0.6 is 11.3 Å². The van der Waals surface area contributed by atoms with Gasteiger partial charge in [0.25, 0.3) is 5.56 Å². The molecule has 0 bridgehead atoms. The predicted molar refractivity (Wildman–Crippen MR) is 159 cm³/mol. The Morgan fingerprint density at radius 3 is 2.54 bits per heavy atom. The molecule has 0 amide bonds. The van der Waals surface area contributed by atoms with Crippen LogP contribution in [0.15, 0.2) is 100 Å². The van der Waals surface area contributed by atoms with Gasteiger partial charge in [0.1, 0.15) is 5.82 Å². The number of nitrogens with zero attached hydrogens (tertiary/aromatic N) is 3. The molecule has 6 rings (SSSR count). The van der Waals surface area contributed by atoms with Gasteiger partial charge in [0, 0.05) is 28.2 Å². The van der Waals surface area contributed by atoms with E-state index in [1.807, 2.05) is 78.4 Å². The zero-order valence-corrected chi connectivity index (χ0v) is 23.7. The van der Waals surface area contributed by atoms with Crippen LogP contribution in [0.5, 0.6) is 0 Å². The summed E-state index contributed by atoms with van der Waals surface area (Å²) in [6.45, 7) is 6.11. The number of rotatable bonds is 6. The number of thiazole rings is 1. The second-order valence-electron chi connectivity index (χ2n) is 10.0. The third-order valence-electron chi connectivity index (χ3n) is 7.31. The molecule has 1 aliphatic heterocycles. The van der Waals surface area contributed by atoms with Gasteiger partial charge in [-0.15, -0.1) is 0 Å². The van der Waals surface area contributed by atoms with Crippen molar-refractivity contribution in [3.8, 4) is 0 Å². The Bertz CT molecular complexity index is 2020. The molecule has 0 saturated carbocycles. The number of benzene rings is 3. The molecule has 41 heavy (non-hydrogen) atoms. The molecule has 0 radical (unpaired) electrons.